The molecule has 112 valence electrons. The summed E-state index contributed by atoms with van der Waals surface area (Å²) in [6, 6.07) is 12.2. The molecule has 0 spiro atoms. The second-order valence-corrected chi connectivity index (χ2v) is 6.05. The third kappa shape index (κ3) is 6.04. The number of rotatable bonds is 8. The van der Waals surface area contributed by atoms with Crippen molar-refractivity contribution in [3.8, 4) is 0 Å². The van der Waals surface area contributed by atoms with E-state index < -0.39 is 0 Å². The molecule has 0 radical (unpaired) electrons. The van der Waals surface area contributed by atoms with Gasteiger partial charge in [0.2, 0.25) is 5.91 Å². The number of aromatic nitrogens is 1. The minimum Gasteiger partial charge on any atom is -0.360 e. The number of hydrogen-bond acceptors (Lipinski definition) is 4. The first-order valence-corrected chi connectivity index (χ1v) is 8.24. The Balaban J connectivity index is 1.52. The van der Waals surface area contributed by atoms with Gasteiger partial charge in [-0.2, -0.15) is 11.8 Å². The van der Waals surface area contributed by atoms with E-state index in [0.717, 1.165) is 24.3 Å². The standard InChI is InChI=1S/C16H20N2O2S/c1-13-12-15(18-20-13)17-16(19)9-11-21-10-5-8-14-6-3-2-4-7-14/h2-4,6-7,12H,5,8-11H2,1H3,(H,17,18,19). The van der Waals surface area contributed by atoms with Gasteiger partial charge in [-0.05, 0) is 31.1 Å². The van der Waals surface area contributed by atoms with Crippen LogP contribution in [0, 0.1) is 6.92 Å². The number of amides is 1. The molecule has 0 aliphatic rings. The van der Waals surface area contributed by atoms with E-state index in [2.05, 4.69) is 34.7 Å². The van der Waals surface area contributed by atoms with Crippen LogP contribution in [0.2, 0.25) is 0 Å². The number of benzene rings is 1. The Labute approximate surface area is 129 Å². The Morgan fingerprint density at radius 3 is 2.81 bits per heavy atom. The van der Waals surface area contributed by atoms with Gasteiger partial charge in [0.15, 0.2) is 5.82 Å². The van der Waals surface area contributed by atoms with Crippen LogP contribution >= 0.6 is 11.8 Å². The van der Waals surface area contributed by atoms with Gasteiger partial charge in [-0.1, -0.05) is 35.5 Å². The smallest absolute Gasteiger partial charge is 0.226 e. The fourth-order valence-corrected chi connectivity index (χ4v) is 2.80. The lowest BCUT2D eigenvalue weighted by atomic mass is 10.1. The predicted octanol–water partition coefficient (Wildman–Crippen LogP) is 3.68. The van der Waals surface area contributed by atoms with E-state index >= 15 is 0 Å². The number of hydrogen-bond donors (Lipinski definition) is 1. The molecule has 21 heavy (non-hydrogen) atoms. The van der Waals surface area contributed by atoms with Crippen LogP contribution in [0.4, 0.5) is 5.82 Å². The normalized spacial score (nSPS) is 10.5. The summed E-state index contributed by atoms with van der Waals surface area (Å²) in [7, 11) is 0. The zero-order chi connectivity index (χ0) is 14.9. The lowest BCUT2D eigenvalue weighted by molar-refractivity contribution is -0.115. The van der Waals surface area contributed by atoms with Crippen molar-refractivity contribution in [3.63, 3.8) is 0 Å². The highest BCUT2D eigenvalue weighted by Crippen LogP contribution is 2.11. The molecule has 1 aromatic heterocycles. The molecule has 1 aromatic carbocycles. The average Bonchev–Trinajstić information content (AvgIpc) is 2.89. The monoisotopic (exact) mass is 304 g/mol. The molecule has 0 fully saturated rings. The summed E-state index contributed by atoms with van der Waals surface area (Å²) in [5.41, 5.74) is 1.37. The zero-order valence-electron chi connectivity index (χ0n) is 12.2. The first kappa shape index (κ1) is 15.6. The van der Waals surface area contributed by atoms with Gasteiger partial charge in [0.25, 0.3) is 0 Å². The van der Waals surface area contributed by atoms with Gasteiger partial charge in [0.1, 0.15) is 5.76 Å². The van der Waals surface area contributed by atoms with Crippen LogP contribution in [0.15, 0.2) is 40.9 Å². The van der Waals surface area contributed by atoms with E-state index in [1.165, 1.54) is 5.56 Å². The van der Waals surface area contributed by atoms with E-state index in [9.17, 15) is 4.79 Å². The highest BCUT2D eigenvalue weighted by Gasteiger charge is 2.05. The van der Waals surface area contributed by atoms with Crippen LogP contribution in [-0.4, -0.2) is 22.6 Å². The van der Waals surface area contributed by atoms with Gasteiger partial charge in [0.05, 0.1) is 0 Å². The molecule has 0 aliphatic heterocycles. The third-order valence-corrected chi connectivity index (χ3v) is 4.04. The summed E-state index contributed by atoms with van der Waals surface area (Å²) in [6.07, 6.45) is 2.74. The van der Waals surface area contributed by atoms with Gasteiger partial charge >= 0.3 is 0 Å². The van der Waals surface area contributed by atoms with Gasteiger partial charge in [0, 0.05) is 18.2 Å². The highest BCUT2D eigenvalue weighted by atomic mass is 32.2. The summed E-state index contributed by atoms with van der Waals surface area (Å²) < 4.78 is 4.90. The number of anilines is 1. The predicted molar refractivity (Wildman–Crippen MR) is 86.6 cm³/mol. The van der Waals surface area contributed by atoms with Crippen LogP contribution in [0.1, 0.15) is 24.2 Å². The first-order chi connectivity index (χ1) is 10.2. The topological polar surface area (TPSA) is 55.1 Å². The van der Waals surface area contributed by atoms with Crippen molar-refractivity contribution < 1.29 is 9.32 Å². The number of nitrogens with zero attached hydrogens (tertiary/aromatic N) is 1. The summed E-state index contributed by atoms with van der Waals surface area (Å²) >= 11 is 1.81. The third-order valence-electron chi connectivity index (χ3n) is 2.97. The lowest BCUT2D eigenvalue weighted by Gasteiger charge is -2.03. The molecule has 1 amide bonds. The van der Waals surface area contributed by atoms with Crippen molar-refractivity contribution in [1.82, 2.24) is 5.16 Å². The Morgan fingerprint density at radius 2 is 2.10 bits per heavy atom. The van der Waals surface area contributed by atoms with Crippen LogP contribution in [0.25, 0.3) is 0 Å². The first-order valence-electron chi connectivity index (χ1n) is 7.09. The molecule has 2 rings (SSSR count). The number of carbonyl (C=O) groups is 1. The van der Waals surface area contributed by atoms with E-state index in [0.29, 0.717) is 18.0 Å². The fourth-order valence-electron chi connectivity index (χ4n) is 1.92. The molecule has 0 saturated heterocycles. The summed E-state index contributed by atoms with van der Waals surface area (Å²) in [5, 5.41) is 6.46. The molecule has 0 aliphatic carbocycles. The van der Waals surface area contributed by atoms with Gasteiger partial charge in [-0.3, -0.25) is 4.79 Å². The molecule has 2 aromatic rings. The summed E-state index contributed by atoms with van der Waals surface area (Å²) in [5.74, 6) is 3.08. The van der Waals surface area contributed by atoms with E-state index in [4.69, 9.17) is 4.52 Å². The Kier molecular flexibility index (Phi) is 6.34. The zero-order valence-corrected chi connectivity index (χ0v) is 13.0. The Morgan fingerprint density at radius 1 is 1.29 bits per heavy atom. The van der Waals surface area contributed by atoms with Gasteiger partial charge in [-0.25, -0.2) is 0 Å². The molecular formula is C16H20N2O2S. The van der Waals surface area contributed by atoms with Crippen LogP contribution < -0.4 is 5.32 Å². The quantitative estimate of drug-likeness (QED) is 0.756. The molecular weight excluding hydrogens is 284 g/mol. The SMILES string of the molecule is Cc1cc(NC(=O)CCSCCCc2ccccc2)no1. The van der Waals surface area contributed by atoms with E-state index in [-0.39, 0.29) is 5.91 Å². The largest absolute Gasteiger partial charge is 0.360 e. The average molecular weight is 304 g/mol. The molecule has 0 saturated carbocycles. The van der Waals surface area contributed by atoms with Crippen LogP contribution in [-0.2, 0) is 11.2 Å². The highest BCUT2D eigenvalue weighted by molar-refractivity contribution is 7.99. The van der Waals surface area contributed by atoms with Crippen LogP contribution in [0.5, 0.6) is 0 Å². The molecule has 1 N–H and O–H groups in total. The molecule has 5 heteroatoms. The summed E-state index contributed by atoms with van der Waals surface area (Å²) in [6.45, 7) is 1.80. The molecule has 4 nitrogen and oxygen atoms in total. The number of nitrogens with one attached hydrogen (secondary N) is 1. The molecule has 0 unspecified atom stereocenters. The number of thioether (sulfide) groups is 1. The molecule has 0 atom stereocenters. The second kappa shape index (κ2) is 8.52. The fraction of sp³-hybridized carbons (Fsp3) is 0.375. The maximum atomic E-state index is 11.7. The van der Waals surface area contributed by atoms with E-state index in [1.807, 2.05) is 17.8 Å². The Hall–Kier alpha value is -1.75. The van der Waals surface area contributed by atoms with Crippen molar-refractivity contribution in [2.45, 2.75) is 26.2 Å². The van der Waals surface area contributed by atoms with Crippen molar-refractivity contribution in [1.29, 1.82) is 0 Å². The van der Waals surface area contributed by atoms with E-state index in [1.54, 1.807) is 13.0 Å². The minimum atomic E-state index is -0.0149. The second-order valence-electron chi connectivity index (χ2n) is 4.82. The maximum Gasteiger partial charge on any atom is 0.226 e. The Bertz CT molecular complexity index is 554. The van der Waals surface area contributed by atoms with Crippen molar-refractivity contribution in [2.75, 3.05) is 16.8 Å². The number of aryl methyl sites for hydroxylation is 2. The maximum absolute atomic E-state index is 11.7. The van der Waals surface area contributed by atoms with Gasteiger partial charge in [-0.15, -0.1) is 0 Å². The molecule has 0 bridgehead atoms. The lowest BCUT2D eigenvalue weighted by Crippen LogP contribution is -2.12. The van der Waals surface area contributed by atoms with Crippen molar-refractivity contribution in [2.24, 2.45) is 0 Å². The number of carbonyl (C=O) groups excluding carboxylic acids is 1. The van der Waals surface area contributed by atoms with Crippen molar-refractivity contribution in [3.05, 3.63) is 47.7 Å². The van der Waals surface area contributed by atoms with Crippen LogP contribution in [0.3, 0.4) is 0 Å². The summed E-state index contributed by atoms with van der Waals surface area (Å²) in [4.78, 5) is 11.7. The minimum absolute atomic E-state index is 0.0149. The van der Waals surface area contributed by atoms with Gasteiger partial charge < -0.3 is 9.84 Å². The van der Waals surface area contributed by atoms with Crippen molar-refractivity contribution >= 4 is 23.5 Å². The molecule has 1 heterocycles.